The third-order valence-corrected chi connectivity index (χ3v) is 21.9. The summed E-state index contributed by atoms with van der Waals surface area (Å²) in [6, 6.07) is 24.4. The van der Waals surface area contributed by atoms with Gasteiger partial charge in [0.05, 0.1) is 277 Å². The summed E-state index contributed by atoms with van der Waals surface area (Å²) in [7, 11) is 9.81. The fourth-order valence-electron chi connectivity index (χ4n) is 14.8. The number of aliphatic hydroxyl groups excluding tert-OH is 1. The minimum atomic E-state index is -1.23. The number of hydrogen-bond acceptors (Lipinski definition) is 37. The van der Waals surface area contributed by atoms with E-state index in [1.807, 2.05) is 72.8 Å². The van der Waals surface area contributed by atoms with Crippen molar-refractivity contribution in [3.05, 3.63) is 140 Å². The second kappa shape index (κ2) is 72.2. The minimum absolute atomic E-state index is 0.0460. The molecule has 0 fully saturated rings. The highest BCUT2D eigenvalue weighted by Crippen LogP contribution is 2.45. The van der Waals surface area contributed by atoms with E-state index < -0.39 is 6.10 Å². The molecule has 20 rings (SSSR count). The molecule has 0 saturated carbocycles. The van der Waals surface area contributed by atoms with E-state index >= 15 is 0 Å². The molecule has 37 heteroatoms. The minimum Gasteiger partial charge on any atom is -0.487 e. The molecule has 140 heavy (non-hydrogen) atoms. The van der Waals surface area contributed by atoms with Gasteiger partial charge in [0, 0.05) is 42.7 Å². The molecular formula is C103H152O37. The van der Waals surface area contributed by atoms with Crippen LogP contribution in [-0.2, 0) is 152 Å². The number of methoxy groups -OCH3 is 6. The van der Waals surface area contributed by atoms with Crippen molar-refractivity contribution >= 4 is 0 Å². The molecule has 0 spiro atoms. The van der Waals surface area contributed by atoms with Crippen molar-refractivity contribution in [1.82, 2.24) is 0 Å². The molecule has 6 aromatic carbocycles. The van der Waals surface area contributed by atoms with Crippen LogP contribution in [0, 0.1) is 0 Å². The van der Waals surface area contributed by atoms with Crippen LogP contribution in [0.1, 0.15) is 66.8 Å². The van der Waals surface area contributed by atoms with E-state index in [1.54, 1.807) is 42.7 Å². The first-order chi connectivity index (χ1) is 69.2. The monoisotopic (exact) mass is 1980 g/mol. The molecule has 2 aliphatic carbocycles. The van der Waals surface area contributed by atoms with E-state index in [1.165, 1.54) is 0 Å². The largest absolute Gasteiger partial charge is 0.487 e. The van der Waals surface area contributed by atoms with Gasteiger partial charge in [-0.1, -0.05) is 0 Å². The van der Waals surface area contributed by atoms with Gasteiger partial charge in [-0.2, -0.15) is 0 Å². The summed E-state index contributed by atoms with van der Waals surface area (Å²) < 4.78 is 219. The number of aliphatic hydroxyl groups is 1. The second-order valence-electron chi connectivity index (χ2n) is 32.2. The van der Waals surface area contributed by atoms with Crippen molar-refractivity contribution in [2.24, 2.45) is 0 Å². The van der Waals surface area contributed by atoms with Crippen LogP contribution in [0.5, 0.6) is 69.0 Å². The fraction of sp³-hybridized carbons (Fsp3) is 0.650. The lowest BCUT2D eigenvalue weighted by molar-refractivity contribution is -0.000123. The Hall–Kier alpha value is -8.08. The van der Waals surface area contributed by atoms with Gasteiger partial charge in [-0.05, 0) is 178 Å². The molecule has 0 atom stereocenters. The number of hydrogen-bond donors (Lipinski definition) is 1. The van der Waals surface area contributed by atoms with Gasteiger partial charge >= 0.3 is 0 Å². The van der Waals surface area contributed by atoms with Gasteiger partial charge in [0.25, 0.3) is 0 Å². The fourth-order valence-corrected chi connectivity index (χ4v) is 14.8. The maximum absolute atomic E-state index is 12.5. The van der Waals surface area contributed by atoms with E-state index in [0.29, 0.717) is 345 Å². The third kappa shape index (κ3) is 44.6. The zero-order chi connectivity index (χ0) is 97.8. The van der Waals surface area contributed by atoms with Gasteiger partial charge in [-0.15, -0.1) is 0 Å². The van der Waals surface area contributed by atoms with Crippen LogP contribution in [0.4, 0.5) is 0 Å². The van der Waals surface area contributed by atoms with Crippen molar-refractivity contribution in [3.63, 3.8) is 0 Å². The lowest BCUT2D eigenvalue weighted by Crippen LogP contribution is -2.25. The zero-order valence-electron chi connectivity index (χ0n) is 83.1. The normalized spacial score (nSPS) is 13.6. The second-order valence-corrected chi connectivity index (χ2v) is 32.2. The van der Waals surface area contributed by atoms with E-state index in [4.69, 9.17) is 171 Å². The first-order valence-electron chi connectivity index (χ1n) is 48.7. The molecule has 14 aliphatic rings. The summed E-state index contributed by atoms with van der Waals surface area (Å²) in [6.07, 6.45) is 0.976. The molecule has 18 bridgehead atoms. The van der Waals surface area contributed by atoms with Gasteiger partial charge in [0.2, 0.25) is 0 Å². The van der Waals surface area contributed by atoms with Gasteiger partial charge in [0.15, 0.2) is 69.0 Å². The average molecular weight is 1980 g/mol. The zero-order valence-corrected chi connectivity index (χ0v) is 83.1. The predicted octanol–water partition coefficient (Wildman–Crippen LogP) is 8.67. The quantitative estimate of drug-likeness (QED) is 0.0348. The van der Waals surface area contributed by atoms with Crippen LogP contribution in [0.2, 0.25) is 0 Å². The van der Waals surface area contributed by atoms with Gasteiger partial charge in [-0.25, -0.2) is 0 Å². The Morgan fingerprint density at radius 1 is 0.171 bits per heavy atom. The summed E-state index contributed by atoms with van der Waals surface area (Å²) >= 11 is 0. The molecule has 0 saturated heterocycles. The van der Waals surface area contributed by atoms with Crippen molar-refractivity contribution in [2.75, 3.05) is 399 Å². The van der Waals surface area contributed by atoms with Crippen molar-refractivity contribution < 1.29 is 176 Å². The number of ether oxygens (including phenoxy) is 36. The van der Waals surface area contributed by atoms with Crippen LogP contribution < -0.4 is 56.8 Å². The van der Waals surface area contributed by atoms with E-state index in [0.717, 1.165) is 66.8 Å². The Morgan fingerprint density at radius 3 is 0.436 bits per heavy atom. The summed E-state index contributed by atoms with van der Waals surface area (Å²) in [4.78, 5) is 0. The standard InChI is InChI=1S/C103H152O37/c1-105-7-13-111-19-25-117-31-37-123-43-49-129-92-65-79-59-81-69-96-94(131-51-45-125-39-33-119-27-21-113-15-9-107-3)67-85(81)63-89-75-102-100(133-53-47-127-41-35-121-29-23-115-17-11-109-5)73-87(89)61-83(79)71-98(92)137-57-55-135-97-70-82-60-80-66-93(130-50-44-124-38-32-118-26-20-112-14-8-106-2)99(138-58-56-136-96)72-84(80)62-88-74-101(134-54-48-128-42-36-122-30-24-116-18-12-110-6)103(140-78-91(104)77-139-102)76-90(88)64-86(82)68-95(97)132-52-46-126-40-34-120-28-22-114-16-10-108-4/h65-76,91,104H,7-64,77-78H2,1-6H3. The maximum atomic E-state index is 12.5. The Morgan fingerprint density at radius 2 is 0.293 bits per heavy atom. The van der Waals surface area contributed by atoms with E-state index in [-0.39, 0.29) is 119 Å². The Balaban J connectivity index is 1.08. The number of benzene rings is 6. The maximum Gasteiger partial charge on any atom is 0.161 e. The first-order valence-corrected chi connectivity index (χ1v) is 48.7. The van der Waals surface area contributed by atoms with Gasteiger partial charge < -0.3 is 176 Å². The van der Waals surface area contributed by atoms with Crippen LogP contribution >= 0.6 is 0 Å². The van der Waals surface area contributed by atoms with Gasteiger partial charge in [-0.3, -0.25) is 0 Å². The third-order valence-electron chi connectivity index (χ3n) is 21.9. The lowest BCUT2D eigenvalue weighted by atomic mass is 9.94. The van der Waals surface area contributed by atoms with E-state index in [9.17, 15) is 5.11 Å². The van der Waals surface area contributed by atoms with Crippen molar-refractivity contribution in [2.45, 2.75) is 44.6 Å². The topological polar surface area (TPSA) is 353 Å². The van der Waals surface area contributed by atoms with Gasteiger partial charge in [0.1, 0.15) is 85.4 Å². The first kappa shape index (κ1) is 114. The Bertz CT molecular complexity index is 4000. The highest BCUT2D eigenvalue weighted by molar-refractivity contribution is 5.61. The SMILES string of the molecule is COCCOCCOCCOCCOc1cc2c3cc1OCCOc1cc4c(cc1OCCOCCOCCOCCOC)Cc1cc5c(OCCOCCOCCOCCOC)cc1Cc1cc(c(OCCOCCOCCOCCOC)cc1C4)OCC(O)COc1cc(c(cc1OCCOCCOCCOCCOC)Cc1cc(c(OCCOCCOCCOCCOC)cc1C3)OCCO5)C2. The smallest absolute Gasteiger partial charge is 0.161 e. The average Bonchev–Trinajstić information content (AvgIpc) is 1.61. The molecule has 12 heterocycles. The molecule has 0 unspecified atom stereocenters. The molecule has 0 aromatic heterocycles. The molecule has 0 amide bonds. The summed E-state index contributed by atoms with van der Waals surface area (Å²) in [6.45, 7) is 16.7. The molecule has 786 valence electrons. The Kier molecular flexibility index (Phi) is 58.7. The van der Waals surface area contributed by atoms with Crippen LogP contribution in [-0.4, -0.2) is 411 Å². The highest BCUT2D eigenvalue weighted by Gasteiger charge is 2.29. The van der Waals surface area contributed by atoms with Crippen LogP contribution in [0.25, 0.3) is 0 Å². The lowest BCUT2D eigenvalue weighted by Gasteiger charge is -2.21. The number of rotatable bonds is 78. The predicted molar refractivity (Wildman–Crippen MR) is 513 cm³/mol. The molecule has 37 nitrogen and oxygen atoms in total. The van der Waals surface area contributed by atoms with Crippen LogP contribution in [0.3, 0.4) is 0 Å². The molecule has 6 aromatic rings. The molecule has 12 aliphatic heterocycles. The highest BCUT2D eigenvalue weighted by atomic mass is 16.6. The van der Waals surface area contributed by atoms with Crippen molar-refractivity contribution in [3.8, 4) is 69.0 Å². The summed E-state index contributed by atoms with van der Waals surface area (Å²) in [5.74, 6) is 5.25. The van der Waals surface area contributed by atoms with Crippen molar-refractivity contribution in [1.29, 1.82) is 0 Å². The molecule has 1 N–H and O–H groups in total. The molecular weight excluding hydrogens is 1830 g/mol. The Labute approximate surface area is 824 Å². The van der Waals surface area contributed by atoms with Crippen LogP contribution in [0.15, 0.2) is 72.8 Å². The molecule has 0 radical (unpaired) electrons. The summed E-state index contributed by atoms with van der Waals surface area (Å²) in [5, 5.41) is 12.5. The van der Waals surface area contributed by atoms with E-state index in [2.05, 4.69) is 0 Å². The summed E-state index contributed by atoms with van der Waals surface area (Å²) in [5.41, 5.74) is 10.8.